The Morgan fingerprint density at radius 2 is 1.76 bits per heavy atom. The van der Waals surface area contributed by atoms with Crippen LogP contribution < -0.4 is 5.32 Å². The van der Waals surface area contributed by atoms with E-state index in [-0.39, 0.29) is 11.8 Å². The van der Waals surface area contributed by atoms with E-state index < -0.39 is 30.2 Å². The second kappa shape index (κ2) is 10.9. The average Bonchev–Trinajstić information content (AvgIpc) is 2.48. The van der Waals surface area contributed by atoms with Crippen LogP contribution in [0.5, 0.6) is 0 Å². The van der Waals surface area contributed by atoms with Crippen LogP contribution in [0.15, 0.2) is 0 Å². The number of carbonyl (C=O) groups excluding carboxylic acids is 1. The van der Waals surface area contributed by atoms with Gasteiger partial charge >= 0.3 is 8.80 Å². The molecule has 25 heavy (non-hydrogen) atoms. The van der Waals surface area contributed by atoms with Crippen molar-refractivity contribution in [3.05, 3.63) is 0 Å². The lowest BCUT2D eigenvalue weighted by molar-refractivity contribution is -0.125. The summed E-state index contributed by atoms with van der Waals surface area (Å²) in [5, 5.41) is 2.66. The molecule has 0 fully saturated rings. The molecule has 0 saturated heterocycles. The van der Waals surface area contributed by atoms with E-state index >= 15 is 0 Å². The van der Waals surface area contributed by atoms with E-state index in [2.05, 4.69) is 5.32 Å². The van der Waals surface area contributed by atoms with Gasteiger partial charge in [0.25, 0.3) is 10.1 Å². The molecule has 0 aromatic rings. The van der Waals surface area contributed by atoms with Crippen LogP contribution in [0.4, 0.5) is 0 Å². The van der Waals surface area contributed by atoms with Crippen LogP contribution in [0.1, 0.15) is 27.2 Å². The van der Waals surface area contributed by atoms with Crippen molar-refractivity contribution < 1.29 is 31.0 Å². The van der Waals surface area contributed by atoms with Gasteiger partial charge in [0.05, 0.1) is 11.3 Å². The monoisotopic (exact) mass is 417 g/mol. The molecule has 0 saturated carbocycles. The van der Waals surface area contributed by atoms with Gasteiger partial charge in [0.1, 0.15) is 0 Å². The fourth-order valence-electron chi connectivity index (χ4n) is 2.23. The fraction of sp³-hybridized carbons (Fsp3) is 0.929. The Balaban J connectivity index is 4.22. The minimum absolute atomic E-state index is 0.240. The van der Waals surface area contributed by atoms with Crippen molar-refractivity contribution in [2.24, 2.45) is 5.92 Å². The van der Waals surface area contributed by atoms with Gasteiger partial charge in [-0.15, -0.1) is 0 Å². The van der Waals surface area contributed by atoms with Gasteiger partial charge < -0.3 is 18.6 Å². The van der Waals surface area contributed by atoms with Crippen LogP contribution in [0, 0.1) is 5.92 Å². The molecule has 0 aromatic carbocycles. The molecule has 0 aliphatic rings. The summed E-state index contributed by atoms with van der Waals surface area (Å²) >= 11 is 1.63. The summed E-state index contributed by atoms with van der Waals surface area (Å²) in [5.41, 5.74) is -1.02. The summed E-state index contributed by atoms with van der Waals surface area (Å²) < 4.78 is 46.9. The van der Waals surface area contributed by atoms with Crippen molar-refractivity contribution in [1.29, 1.82) is 0 Å². The number of thioether (sulfide) groups is 1. The highest BCUT2D eigenvalue weighted by molar-refractivity contribution is 7.99. The van der Waals surface area contributed by atoms with Gasteiger partial charge in [-0.05, 0) is 26.0 Å². The molecule has 2 N–H and O–H groups in total. The van der Waals surface area contributed by atoms with Gasteiger partial charge in [-0.2, -0.15) is 20.2 Å². The quantitative estimate of drug-likeness (QED) is 0.263. The molecule has 0 rings (SSSR count). The average molecular weight is 418 g/mol. The predicted octanol–water partition coefficient (Wildman–Crippen LogP) is 1.41. The van der Waals surface area contributed by atoms with E-state index in [1.54, 1.807) is 53.9 Å². The molecule has 0 aliphatic heterocycles. The lowest BCUT2D eigenvalue weighted by atomic mass is 10.1. The first kappa shape index (κ1) is 24.8. The highest BCUT2D eigenvalue weighted by Crippen LogP contribution is 2.19. The molecular weight excluding hydrogens is 386 g/mol. The molecule has 0 spiro atoms. The maximum atomic E-state index is 12.2. The number of nitrogens with one attached hydrogen (secondary N) is 1. The predicted molar refractivity (Wildman–Crippen MR) is 101 cm³/mol. The van der Waals surface area contributed by atoms with Gasteiger partial charge in [0.15, 0.2) is 0 Å². The van der Waals surface area contributed by atoms with E-state index in [4.69, 9.17) is 17.8 Å². The fourth-order valence-corrected chi connectivity index (χ4v) is 6.21. The van der Waals surface area contributed by atoms with Crippen LogP contribution >= 0.6 is 11.8 Å². The Labute approximate surface area is 156 Å². The molecule has 0 aliphatic carbocycles. The number of amides is 1. The molecule has 0 aromatic heterocycles. The lowest BCUT2D eigenvalue weighted by Gasteiger charge is -2.26. The molecule has 0 heterocycles. The Bertz CT molecular complexity index is 501. The Morgan fingerprint density at radius 1 is 1.24 bits per heavy atom. The standard InChI is InChI=1S/C14H31NO7S2Si/c1-12(13(16)15-14(2,3)11-24(17,18)19)10-23-8-7-9-25(20-4,21-5)22-6/h12H,7-11H2,1-6H3,(H,15,16)(H,17,18,19). The number of rotatable bonds is 13. The molecule has 1 amide bonds. The topological polar surface area (TPSA) is 111 Å². The van der Waals surface area contributed by atoms with E-state index in [0.717, 1.165) is 12.2 Å². The summed E-state index contributed by atoms with van der Waals surface area (Å²) in [6, 6.07) is 0.700. The second-order valence-electron chi connectivity index (χ2n) is 6.47. The van der Waals surface area contributed by atoms with Gasteiger partial charge in [-0.25, -0.2) is 0 Å². The van der Waals surface area contributed by atoms with Crippen molar-refractivity contribution in [3.63, 3.8) is 0 Å². The maximum absolute atomic E-state index is 12.2. The largest absolute Gasteiger partial charge is 0.500 e. The van der Waals surface area contributed by atoms with E-state index in [0.29, 0.717) is 11.8 Å². The van der Waals surface area contributed by atoms with Gasteiger partial charge in [-0.3, -0.25) is 9.35 Å². The zero-order chi connectivity index (χ0) is 19.7. The Hall–Kier alpha value is -0.173. The smallest absolute Gasteiger partial charge is 0.377 e. The van der Waals surface area contributed by atoms with Crippen molar-refractivity contribution >= 4 is 36.6 Å². The van der Waals surface area contributed by atoms with Crippen molar-refractivity contribution in [2.45, 2.75) is 38.8 Å². The molecule has 150 valence electrons. The summed E-state index contributed by atoms with van der Waals surface area (Å²) in [6.07, 6.45) is 0.842. The van der Waals surface area contributed by atoms with Crippen LogP contribution in [-0.4, -0.2) is 71.8 Å². The maximum Gasteiger partial charge on any atom is 0.500 e. The second-order valence-corrected chi connectivity index (χ2v) is 12.2. The first-order chi connectivity index (χ1) is 11.4. The summed E-state index contributed by atoms with van der Waals surface area (Å²) in [7, 11) is -1.97. The van der Waals surface area contributed by atoms with Gasteiger partial charge in [-0.1, -0.05) is 6.92 Å². The number of hydrogen-bond acceptors (Lipinski definition) is 7. The lowest BCUT2D eigenvalue weighted by Crippen LogP contribution is -2.50. The molecule has 1 atom stereocenters. The van der Waals surface area contributed by atoms with Crippen molar-refractivity contribution in [3.8, 4) is 0 Å². The molecule has 8 nitrogen and oxygen atoms in total. The van der Waals surface area contributed by atoms with E-state index in [1.165, 1.54) is 0 Å². The third kappa shape index (κ3) is 10.5. The summed E-state index contributed by atoms with van der Waals surface area (Å²) in [4.78, 5) is 12.2. The van der Waals surface area contributed by atoms with Crippen LogP contribution in [-0.2, 0) is 28.2 Å². The van der Waals surface area contributed by atoms with Gasteiger partial charge in [0.2, 0.25) is 5.91 Å². The molecular formula is C14H31NO7S2Si. The molecule has 0 radical (unpaired) electrons. The van der Waals surface area contributed by atoms with Crippen LogP contribution in [0.25, 0.3) is 0 Å². The highest BCUT2D eigenvalue weighted by Gasteiger charge is 2.36. The highest BCUT2D eigenvalue weighted by atomic mass is 32.2. The SMILES string of the molecule is CO[Si](CCCSCC(C)C(=O)NC(C)(C)CS(=O)(=O)O)(OC)OC. The van der Waals surface area contributed by atoms with E-state index in [9.17, 15) is 13.2 Å². The number of hydrogen-bond donors (Lipinski definition) is 2. The van der Waals surface area contributed by atoms with Crippen molar-refractivity contribution in [1.82, 2.24) is 5.32 Å². The van der Waals surface area contributed by atoms with Crippen LogP contribution in [0.2, 0.25) is 6.04 Å². The Morgan fingerprint density at radius 3 is 2.20 bits per heavy atom. The third-order valence-electron chi connectivity index (χ3n) is 3.52. The minimum Gasteiger partial charge on any atom is -0.377 e. The zero-order valence-corrected chi connectivity index (χ0v) is 18.5. The molecule has 1 unspecified atom stereocenters. The Kier molecular flexibility index (Phi) is 10.8. The van der Waals surface area contributed by atoms with Crippen LogP contribution in [0.3, 0.4) is 0 Å². The molecule has 0 bridgehead atoms. The van der Waals surface area contributed by atoms with Gasteiger partial charge in [0, 0.05) is 39.0 Å². The van der Waals surface area contributed by atoms with Crippen molar-refractivity contribution in [2.75, 3.05) is 38.6 Å². The number of carbonyl (C=O) groups is 1. The zero-order valence-electron chi connectivity index (χ0n) is 15.8. The minimum atomic E-state index is -4.15. The summed E-state index contributed by atoms with van der Waals surface area (Å²) in [5.74, 6) is 0.394. The summed E-state index contributed by atoms with van der Waals surface area (Å²) in [6.45, 7) is 4.90. The first-order valence-corrected chi connectivity index (χ1v) is 12.6. The first-order valence-electron chi connectivity index (χ1n) is 7.90. The third-order valence-corrected chi connectivity index (χ3v) is 8.76. The van der Waals surface area contributed by atoms with E-state index in [1.807, 2.05) is 0 Å². The molecule has 11 heteroatoms. The normalized spacial score (nSPS) is 14.4.